The van der Waals surface area contributed by atoms with Crippen molar-refractivity contribution in [3.05, 3.63) is 28.2 Å². The Morgan fingerprint density at radius 1 is 1.50 bits per heavy atom. The molecule has 1 atom stereocenters. The van der Waals surface area contributed by atoms with Crippen LogP contribution in [0.3, 0.4) is 0 Å². The number of rotatable bonds is 6. The van der Waals surface area contributed by atoms with Gasteiger partial charge in [0.2, 0.25) is 0 Å². The number of hydrogen-bond acceptors (Lipinski definition) is 3. The maximum Gasteiger partial charge on any atom is 0.317 e. The molecule has 1 unspecified atom stereocenters. The van der Waals surface area contributed by atoms with Crippen LogP contribution in [-0.4, -0.2) is 33.7 Å². The van der Waals surface area contributed by atoms with Gasteiger partial charge in [-0.3, -0.25) is 9.69 Å². The second kappa shape index (κ2) is 6.75. The Morgan fingerprint density at radius 3 is 2.67 bits per heavy atom. The molecular formula is C13H18BrNO3. The van der Waals surface area contributed by atoms with E-state index in [0.717, 1.165) is 16.5 Å². The Labute approximate surface area is 115 Å². The van der Waals surface area contributed by atoms with Gasteiger partial charge in [0.1, 0.15) is 5.75 Å². The molecular weight excluding hydrogens is 298 g/mol. The van der Waals surface area contributed by atoms with E-state index in [4.69, 9.17) is 5.11 Å². The van der Waals surface area contributed by atoms with Gasteiger partial charge in [0, 0.05) is 22.6 Å². The first kappa shape index (κ1) is 15.0. The minimum atomic E-state index is -0.855. The lowest BCUT2D eigenvalue weighted by atomic mass is 10.1. The molecule has 1 aromatic carbocycles. The molecule has 5 heteroatoms. The van der Waals surface area contributed by atoms with E-state index in [2.05, 4.69) is 15.9 Å². The van der Waals surface area contributed by atoms with Crippen molar-refractivity contribution in [2.75, 3.05) is 6.54 Å². The first-order chi connectivity index (χ1) is 8.43. The fraction of sp³-hybridized carbons (Fsp3) is 0.462. The first-order valence-electron chi connectivity index (χ1n) is 5.87. The van der Waals surface area contributed by atoms with E-state index in [0.29, 0.717) is 6.54 Å². The van der Waals surface area contributed by atoms with Gasteiger partial charge in [-0.1, -0.05) is 28.9 Å². The number of nitrogens with zero attached hydrogens (tertiary/aromatic N) is 1. The number of benzene rings is 1. The van der Waals surface area contributed by atoms with Crippen LogP contribution in [0.2, 0.25) is 0 Å². The maximum absolute atomic E-state index is 10.8. The summed E-state index contributed by atoms with van der Waals surface area (Å²) >= 11 is 3.28. The van der Waals surface area contributed by atoms with Gasteiger partial charge in [-0.05, 0) is 25.5 Å². The minimum Gasteiger partial charge on any atom is -0.508 e. The molecule has 0 saturated heterocycles. The molecule has 100 valence electrons. The van der Waals surface area contributed by atoms with Gasteiger partial charge in [-0.15, -0.1) is 0 Å². The van der Waals surface area contributed by atoms with Crippen LogP contribution in [0.15, 0.2) is 22.7 Å². The zero-order chi connectivity index (χ0) is 13.7. The molecule has 0 aliphatic carbocycles. The van der Waals surface area contributed by atoms with Gasteiger partial charge < -0.3 is 10.2 Å². The predicted octanol–water partition coefficient (Wildman–Crippen LogP) is 2.84. The molecule has 2 N–H and O–H groups in total. The summed E-state index contributed by atoms with van der Waals surface area (Å²) in [4.78, 5) is 12.7. The number of carboxylic acids is 1. The quantitative estimate of drug-likeness (QED) is 0.847. The van der Waals surface area contributed by atoms with Crippen LogP contribution in [-0.2, 0) is 11.3 Å². The third-order valence-corrected chi connectivity index (χ3v) is 3.47. The van der Waals surface area contributed by atoms with Gasteiger partial charge in [-0.2, -0.15) is 0 Å². The molecule has 0 aromatic heterocycles. The van der Waals surface area contributed by atoms with E-state index in [-0.39, 0.29) is 18.3 Å². The molecule has 0 heterocycles. The van der Waals surface area contributed by atoms with E-state index in [1.165, 1.54) is 0 Å². The average molecular weight is 316 g/mol. The molecule has 0 aliphatic heterocycles. The van der Waals surface area contributed by atoms with Crippen LogP contribution in [0.25, 0.3) is 0 Å². The van der Waals surface area contributed by atoms with Crippen LogP contribution >= 0.6 is 15.9 Å². The van der Waals surface area contributed by atoms with Crippen molar-refractivity contribution < 1.29 is 15.0 Å². The molecule has 0 radical (unpaired) electrons. The highest BCUT2D eigenvalue weighted by atomic mass is 79.9. The first-order valence-corrected chi connectivity index (χ1v) is 6.66. The number of phenols is 1. The van der Waals surface area contributed by atoms with Crippen molar-refractivity contribution in [2.45, 2.75) is 32.9 Å². The molecule has 4 nitrogen and oxygen atoms in total. The summed E-state index contributed by atoms with van der Waals surface area (Å²) in [5.41, 5.74) is 0.736. The van der Waals surface area contributed by atoms with Crippen molar-refractivity contribution >= 4 is 21.9 Å². The number of phenolic OH excluding ortho intramolecular Hbond substituents is 1. The zero-order valence-corrected chi connectivity index (χ0v) is 12.1. The van der Waals surface area contributed by atoms with Crippen molar-refractivity contribution in [2.24, 2.45) is 0 Å². The second-order valence-electron chi connectivity index (χ2n) is 4.33. The highest BCUT2D eigenvalue weighted by molar-refractivity contribution is 9.10. The summed E-state index contributed by atoms with van der Waals surface area (Å²) in [5.74, 6) is -0.671. The largest absolute Gasteiger partial charge is 0.508 e. The van der Waals surface area contributed by atoms with Gasteiger partial charge in [0.15, 0.2) is 0 Å². The second-order valence-corrected chi connectivity index (χ2v) is 5.24. The highest BCUT2D eigenvalue weighted by Crippen LogP contribution is 2.24. The molecule has 0 spiro atoms. The number of carboxylic acid groups (broad SMARTS) is 1. The molecule has 0 bridgehead atoms. The lowest BCUT2D eigenvalue weighted by molar-refractivity contribution is -0.139. The van der Waals surface area contributed by atoms with E-state index in [1.807, 2.05) is 24.8 Å². The molecule has 0 saturated carbocycles. The average Bonchev–Trinajstić information content (AvgIpc) is 2.30. The monoisotopic (exact) mass is 315 g/mol. The Morgan fingerprint density at radius 2 is 2.17 bits per heavy atom. The number of aromatic hydroxyl groups is 1. The Bertz CT molecular complexity index is 423. The highest BCUT2D eigenvalue weighted by Gasteiger charge is 2.17. The molecule has 1 rings (SSSR count). The normalized spacial score (nSPS) is 12.7. The fourth-order valence-corrected chi connectivity index (χ4v) is 2.04. The number of hydrogen-bond donors (Lipinski definition) is 2. The molecule has 1 aromatic rings. The smallest absolute Gasteiger partial charge is 0.317 e. The van der Waals surface area contributed by atoms with Crippen molar-refractivity contribution in [3.8, 4) is 5.75 Å². The van der Waals surface area contributed by atoms with Gasteiger partial charge >= 0.3 is 5.97 Å². The fourth-order valence-electron chi connectivity index (χ4n) is 1.69. The SMILES string of the molecule is CCC(C)N(CC(=O)O)Cc1ccc(Br)cc1O. The topological polar surface area (TPSA) is 60.8 Å². The van der Waals surface area contributed by atoms with Crippen LogP contribution < -0.4 is 0 Å². The zero-order valence-electron chi connectivity index (χ0n) is 10.6. The summed E-state index contributed by atoms with van der Waals surface area (Å²) in [6.07, 6.45) is 0.866. The van der Waals surface area contributed by atoms with Crippen molar-refractivity contribution in [1.82, 2.24) is 4.90 Å². The van der Waals surface area contributed by atoms with E-state index >= 15 is 0 Å². The van der Waals surface area contributed by atoms with E-state index in [9.17, 15) is 9.90 Å². The van der Waals surface area contributed by atoms with E-state index in [1.54, 1.807) is 12.1 Å². The van der Waals surface area contributed by atoms with Crippen LogP contribution in [0.5, 0.6) is 5.75 Å². The van der Waals surface area contributed by atoms with Gasteiger partial charge in [-0.25, -0.2) is 0 Å². The molecule has 0 aliphatic rings. The standard InChI is InChI=1S/C13H18BrNO3/c1-3-9(2)15(8-13(17)18)7-10-4-5-11(14)6-12(10)16/h4-6,9,16H,3,7-8H2,1-2H3,(H,17,18). The van der Waals surface area contributed by atoms with Crippen molar-refractivity contribution in [1.29, 1.82) is 0 Å². The Balaban J connectivity index is 2.85. The Hall–Kier alpha value is -1.07. The molecule has 0 amide bonds. The van der Waals surface area contributed by atoms with Crippen LogP contribution in [0.4, 0.5) is 0 Å². The van der Waals surface area contributed by atoms with Crippen LogP contribution in [0, 0.1) is 0 Å². The van der Waals surface area contributed by atoms with E-state index < -0.39 is 5.97 Å². The summed E-state index contributed by atoms with van der Waals surface area (Å²) in [6.45, 7) is 4.41. The maximum atomic E-state index is 10.8. The lowest BCUT2D eigenvalue weighted by Crippen LogP contribution is -2.36. The number of halogens is 1. The van der Waals surface area contributed by atoms with Gasteiger partial charge in [0.05, 0.1) is 6.54 Å². The summed E-state index contributed by atoms with van der Waals surface area (Å²) in [6, 6.07) is 5.41. The predicted molar refractivity (Wildman–Crippen MR) is 73.6 cm³/mol. The molecule has 18 heavy (non-hydrogen) atoms. The van der Waals surface area contributed by atoms with Gasteiger partial charge in [0.25, 0.3) is 0 Å². The summed E-state index contributed by atoms with van der Waals surface area (Å²) in [7, 11) is 0. The number of carbonyl (C=O) groups is 1. The molecule has 0 fully saturated rings. The third-order valence-electron chi connectivity index (χ3n) is 2.97. The van der Waals surface area contributed by atoms with Crippen molar-refractivity contribution in [3.63, 3.8) is 0 Å². The lowest BCUT2D eigenvalue weighted by Gasteiger charge is -2.26. The number of aliphatic carboxylic acids is 1. The minimum absolute atomic E-state index is 0.0233. The summed E-state index contributed by atoms with van der Waals surface area (Å²) < 4.78 is 0.803. The van der Waals surface area contributed by atoms with Crippen LogP contribution in [0.1, 0.15) is 25.8 Å². The summed E-state index contributed by atoms with van der Waals surface area (Å²) in [5, 5.41) is 18.7. The third kappa shape index (κ3) is 4.31. The Kier molecular flexibility index (Phi) is 5.62.